The summed E-state index contributed by atoms with van der Waals surface area (Å²) in [6, 6.07) is 9.13. The van der Waals surface area contributed by atoms with Crippen molar-refractivity contribution in [3.05, 3.63) is 47.9 Å². The molecule has 1 fully saturated rings. The first-order chi connectivity index (χ1) is 15.2. The summed E-state index contributed by atoms with van der Waals surface area (Å²) >= 11 is 0. The predicted octanol–water partition coefficient (Wildman–Crippen LogP) is 2.78. The third-order valence-corrected chi connectivity index (χ3v) is 5.50. The summed E-state index contributed by atoms with van der Waals surface area (Å²) in [5.74, 6) is 3.22. The summed E-state index contributed by atoms with van der Waals surface area (Å²) < 4.78 is 16.2. The number of pyridine rings is 1. The Morgan fingerprint density at radius 2 is 2.00 bits per heavy atom. The molecule has 31 heavy (non-hydrogen) atoms. The molecule has 2 aromatic heterocycles. The van der Waals surface area contributed by atoms with E-state index in [4.69, 9.17) is 14.0 Å². The Bertz CT molecular complexity index is 1100. The fourth-order valence-corrected chi connectivity index (χ4v) is 3.87. The number of nitrogens with zero attached hydrogens (tertiary/aromatic N) is 5. The van der Waals surface area contributed by atoms with Gasteiger partial charge in [-0.2, -0.15) is 4.98 Å². The molecule has 160 valence electrons. The molecule has 0 spiro atoms. The fraction of sp³-hybridized carbons (Fsp3) is 0.364. The van der Waals surface area contributed by atoms with E-state index in [2.05, 4.69) is 20.0 Å². The van der Waals surface area contributed by atoms with Crippen molar-refractivity contribution < 1.29 is 18.8 Å². The highest BCUT2D eigenvalue weighted by Gasteiger charge is 2.25. The number of amides is 1. The lowest BCUT2D eigenvalue weighted by atomic mass is 10.1. The van der Waals surface area contributed by atoms with Gasteiger partial charge in [-0.25, -0.2) is 4.98 Å². The Morgan fingerprint density at radius 1 is 1.10 bits per heavy atom. The van der Waals surface area contributed by atoms with E-state index in [0.717, 1.165) is 24.3 Å². The number of ether oxygens (including phenoxy) is 2. The van der Waals surface area contributed by atoms with Crippen molar-refractivity contribution in [1.29, 1.82) is 0 Å². The molecule has 0 N–H and O–H groups in total. The largest absolute Gasteiger partial charge is 0.454 e. The van der Waals surface area contributed by atoms with Crippen LogP contribution < -0.4 is 14.4 Å². The summed E-state index contributed by atoms with van der Waals surface area (Å²) in [7, 11) is 0. The van der Waals surface area contributed by atoms with Crippen LogP contribution in [-0.2, 0) is 6.42 Å². The van der Waals surface area contributed by atoms with Crippen molar-refractivity contribution in [3.63, 3.8) is 0 Å². The van der Waals surface area contributed by atoms with E-state index in [1.54, 1.807) is 24.4 Å². The molecule has 0 bridgehead atoms. The second kappa shape index (κ2) is 8.25. The van der Waals surface area contributed by atoms with Gasteiger partial charge in [-0.1, -0.05) is 12.1 Å². The highest BCUT2D eigenvalue weighted by atomic mass is 16.7. The standard InChI is InChI=1S/C22H23N5O4/c1-2-19-24-21(31-25-19)16-5-3-8-23-20(16)26-9-4-10-27(12-11-26)22(28)15-6-7-17-18(13-15)30-14-29-17/h3,5-8,13H,2,4,9-12,14H2,1H3. The molecule has 9 nitrogen and oxygen atoms in total. The van der Waals surface area contributed by atoms with Gasteiger partial charge in [0, 0.05) is 44.4 Å². The summed E-state index contributed by atoms with van der Waals surface area (Å²) in [6.45, 7) is 4.88. The van der Waals surface area contributed by atoms with Gasteiger partial charge in [0.25, 0.3) is 11.8 Å². The molecule has 4 heterocycles. The summed E-state index contributed by atoms with van der Waals surface area (Å²) in [4.78, 5) is 26.2. The lowest BCUT2D eigenvalue weighted by molar-refractivity contribution is 0.0766. The van der Waals surface area contributed by atoms with Gasteiger partial charge in [0.2, 0.25) is 6.79 Å². The minimum atomic E-state index is -0.00844. The first-order valence-electron chi connectivity index (χ1n) is 10.4. The van der Waals surface area contributed by atoms with E-state index >= 15 is 0 Å². The number of carbonyl (C=O) groups is 1. The molecule has 0 atom stereocenters. The number of benzene rings is 1. The maximum absolute atomic E-state index is 13.1. The lowest BCUT2D eigenvalue weighted by Crippen LogP contribution is -2.35. The zero-order valence-electron chi connectivity index (χ0n) is 17.3. The van der Waals surface area contributed by atoms with E-state index in [0.29, 0.717) is 54.8 Å². The third kappa shape index (κ3) is 3.78. The number of hydrogen-bond acceptors (Lipinski definition) is 8. The van der Waals surface area contributed by atoms with Crippen LogP contribution in [0.1, 0.15) is 29.5 Å². The van der Waals surface area contributed by atoms with E-state index in [1.165, 1.54) is 0 Å². The summed E-state index contributed by atoms with van der Waals surface area (Å²) in [5.41, 5.74) is 1.42. The molecule has 0 unspecified atom stereocenters. The first-order valence-corrected chi connectivity index (χ1v) is 10.4. The maximum Gasteiger partial charge on any atom is 0.261 e. The van der Waals surface area contributed by atoms with Gasteiger partial charge in [-0.15, -0.1) is 0 Å². The molecule has 1 aromatic carbocycles. The highest BCUT2D eigenvalue weighted by molar-refractivity contribution is 5.95. The van der Waals surface area contributed by atoms with Crippen LogP contribution >= 0.6 is 0 Å². The maximum atomic E-state index is 13.1. The number of anilines is 1. The number of carbonyl (C=O) groups excluding carboxylic acids is 1. The molecule has 2 aliphatic rings. The van der Waals surface area contributed by atoms with Crippen LogP contribution in [0.5, 0.6) is 11.5 Å². The number of rotatable bonds is 4. The van der Waals surface area contributed by atoms with Gasteiger partial charge in [-0.05, 0) is 36.8 Å². The number of aromatic nitrogens is 3. The molecule has 0 radical (unpaired) electrons. The topological polar surface area (TPSA) is 93.8 Å². The zero-order chi connectivity index (χ0) is 21.2. The molecule has 1 saturated heterocycles. The van der Waals surface area contributed by atoms with Crippen molar-refractivity contribution in [2.45, 2.75) is 19.8 Å². The van der Waals surface area contributed by atoms with Crippen LogP contribution in [0.25, 0.3) is 11.5 Å². The fourth-order valence-electron chi connectivity index (χ4n) is 3.87. The molecule has 3 aromatic rings. The Labute approximate surface area is 179 Å². The van der Waals surface area contributed by atoms with Gasteiger partial charge in [-0.3, -0.25) is 4.79 Å². The van der Waals surface area contributed by atoms with Crippen LogP contribution in [-0.4, -0.2) is 58.9 Å². The number of aryl methyl sites for hydroxylation is 1. The monoisotopic (exact) mass is 421 g/mol. The Hall–Kier alpha value is -3.62. The van der Waals surface area contributed by atoms with E-state index in [9.17, 15) is 4.79 Å². The van der Waals surface area contributed by atoms with E-state index < -0.39 is 0 Å². The predicted molar refractivity (Wildman–Crippen MR) is 112 cm³/mol. The second-order valence-electron chi connectivity index (χ2n) is 7.44. The SMILES string of the molecule is CCc1noc(-c2cccnc2N2CCCN(C(=O)c3ccc4c(c3)OCO4)CC2)n1. The molecular weight excluding hydrogens is 398 g/mol. The normalized spacial score (nSPS) is 15.8. The van der Waals surface area contributed by atoms with Crippen LogP contribution in [0.15, 0.2) is 41.1 Å². The quantitative estimate of drug-likeness (QED) is 0.635. The highest BCUT2D eigenvalue weighted by Crippen LogP contribution is 2.33. The minimum absolute atomic E-state index is 0.00844. The van der Waals surface area contributed by atoms with Crippen molar-refractivity contribution >= 4 is 11.7 Å². The molecular formula is C22H23N5O4. The lowest BCUT2D eigenvalue weighted by Gasteiger charge is -2.24. The molecule has 0 aliphatic carbocycles. The van der Waals surface area contributed by atoms with Crippen LogP contribution in [0, 0.1) is 0 Å². The molecule has 0 saturated carbocycles. The van der Waals surface area contributed by atoms with Gasteiger partial charge in [0.1, 0.15) is 5.82 Å². The van der Waals surface area contributed by atoms with Crippen molar-refractivity contribution in [1.82, 2.24) is 20.0 Å². The number of hydrogen-bond donors (Lipinski definition) is 0. The first kappa shape index (κ1) is 19.3. The van der Waals surface area contributed by atoms with Crippen molar-refractivity contribution in [2.24, 2.45) is 0 Å². The molecule has 2 aliphatic heterocycles. The summed E-state index contributed by atoms with van der Waals surface area (Å²) in [6.07, 6.45) is 3.30. The summed E-state index contributed by atoms with van der Waals surface area (Å²) in [5, 5.41) is 4.00. The average molecular weight is 421 g/mol. The zero-order valence-corrected chi connectivity index (χ0v) is 17.3. The van der Waals surface area contributed by atoms with E-state index in [1.807, 2.05) is 24.0 Å². The van der Waals surface area contributed by atoms with E-state index in [-0.39, 0.29) is 12.7 Å². The van der Waals surface area contributed by atoms with Gasteiger partial charge < -0.3 is 23.8 Å². The van der Waals surface area contributed by atoms with Crippen LogP contribution in [0.4, 0.5) is 5.82 Å². The van der Waals surface area contributed by atoms with Crippen molar-refractivity contribution in [3.8, 4) is 23.0 Å². The third-order valence-electron chi connectivity index (χ3n) is 5.50. The molecule has 9 heteroatoms. The van der Waals surface area contributed by atoms with Crippen LogP contribution in [0.3, 0.4) is 0 Å². The molecule has 1 amide bonds. The smallest absolute Gasteiger partial charge is 0.261 e. The number of fused-ring (bicyclic) bond motifs is 1. The Balaban J connectivity index is 1.33. The molecule has 5 rings (SSSR count). The Kier molecular flexibility index (Phi) is 5.15. The van der Waals surface area contributed by atoms with Crippen molar-refractivity contribution in [2.75, 3.05) is 37.9 Å². The second-order valence-corrected chi connectivity index (χ2v) is 7.44. The average Bonchev–Trinajstić information content (AvgIpc) is 3.42. The minimum Gasteiger partial charge on any atom is -0.454 e. The van der Waals surface area contributed by atoms with Crippen LogP contribution in [0.2, 0.25) is 0 Å². The van der Waals surface area contributed by atoms with Gasteiger partial charge >= 0.3 is 0 Å². The van der Waals surface area contributed by atoms with Gasteiger partial charge in [0.15, 0.2) is 17.3 Å². The Morgan fingerprint density at radius 3 is 2.87 bits per heavy atom. The van der Waals surface area contributed by atoms with Gasteiger partial charge in [0.05, 0.1) is 5.56 Å².